The smallest absolute Gasteiger partial charge is 0.141 e. The zero-order chi connectivity index (χ0) is 7.72. The topological polar surface area (TPSA) is 0 Å². The summed E-state index contributed by atoms with van der Waals surface area (Å²) in [6, 6.07) is 2.98. The van der Waals surface area contributed by atoms with E-state index in [2.05, 4.69) is 0 Å². The first-order chi connectivity index (χ1) is 4.61. The second kappa shape index (κ2) is 2.63. The molecule has 0 N–H and O–H groups in total. The van der Waals surface area contributed by atoms with E-state index in [0.717, 1.165) is 5.56 Å². The molecule has 0 fully saturated rings. The van der Waals surface area contributed by atoms with Crippen molar-refractivity contribution in [3.05, 3.63) is 28.5 Å². The fraction of sp³-hybridized carbons (Fsp3) is 0.143. The van der Waals surface area contributed by atoms with E-state index in [-0.39, 0.29) is 5.02 Å². The van der Waals surface area contributed by atoms with Gasteiger partial charge >= 0.3 is 0 Å². The van der Waals surface area contributed by atoms with Crippen molar-refractivity contribution in [2.45, 2.75) is 6.92 Å². The Morgan fingerprint density at radius 1 is 1.50 bits per heavy atom. The molecule has 1 rings (SSSR count). The van der Waals surface area contributed by atoms with Gasteiger partial charge < -0.3 is 0 Å². The Balaban J connectivity index is 3.31. The summed E-state index contributed by atoms with van der Waals surface area (Å²) in [6.45, 7) is 1.76. The largest absolute Gasteiger partial charge is 0.205 e. The van der Waals surface area contributed by atoms with Crippen molar-refractivity contribution in [1.82, 2.24) is 0 Å². The molecule has 1 aromatic rings. The predicted octanol–water partition coefficient (Wildman–Crippen LogP) is 1.58. The summed E-state index contributed by atoms with van der Waals surface area (Å²) >= 11 is 5.45. The third-order valence-electron chi connectivity index (χ3n) is 1.20. The summed E-state index contributed by atoms with van der Waals surface area (Å²) in [5.74, 6) is -0.459. The van der Waals surface area contributed by atoms with Gasteiger partial charge in [-0.2, -0.15) is 0 Å². The highest BCUT2D eigenvalue weighted by atomic mass is 35.5. The molecular weight excluding hydrogens is 149 g/mol. The summed E-state index contributed by atoms with van der Waals surface area (Å²) in [5.41, 5.74) is 1.07. The van der Waals surface area contributed by atoms with Gasteiger partial charge in [-0.1, -0.05) is 23.1 Å². The lowest BCUT2D eigenvalue weighted by Gasteiger charge is -2.00. The van der Waals surface area contributed by atoms with Crippen LogP contribution in [0, 0.1) is 12.7 Å². The molecule has 0 aliphatic carbocycles. The third kappa shape index (κ3) is 1.32. The Kier molecular flexibility index (Phi) is 2.00. The van der Waals surface area contributed by atoms with Crippen LogP contribution in [0.2, 0.25) is 5.02 Å². The first-order valence-electron chi connectivity index (χ1n) is 2.82. The Bertz CT molecular complexity index is 237. The maximum absolute atomic E-state index is 12.6. The van der Waals surface area contributed by atoms with Gasteiger partial charge in [-0.3, -0.25) is 0 Å². The van der Waals surface area contributed by atoms with Crippen LogP contribution in [0.4, 0.5) is 4.39 Å². The van der Waals surface area contributed by atoms with E-state index in [0.29, 0.717) is 5.46 Å². The highest BCUT2D eigenvalue weighted by Crippen LogP contribution is 2.11. The average molecular weight is 154 g/mol. The number of hydrogen-bond acceptors (Lipinski definition) is 0. The second-order valence-electron chi connectivity index (χ2n) is 2.15. The number of rotatable bonds is 0. The lowest BCUT2D eigenvalue weighted by atomic mass is 9.94. The molecule has 50 valence electrons. The quantitative estimate of drug-likeness (QED) is 0.498. The number of hydrogen-bond donors (Lipinski definition) is 0. The van der Waals surface area contributed by atoms with E-state index in [1.807, 2.05) is 0 Å². The molecule has 0 amide bonds. The van der Waals surface area contributed by atoms with Crippen LogP contribution in [-0.2, 0) is 0 Å². The number of halogens is 2. The van der Waals surface area contributed by atoms with Crippen molar-refractivity contribution >= 4 is 24.9 Å². The van der Waals surface area contributed by atoms with Crippen molar-refractivity contribution in [1.29, 1.82) is 0 Å². The van der Waals surface area contributed by atoms with Crippen molar-refractivity contribution in [3.63, 3.8) is 0 Å². The van der Waals surface area contributed by atoms with E-state index in [9.17, 15) is 4.39 Å². The maximum Gasteiger partial charge on any atom is 0.141 e. The summed E-state index contributed by atoms with van der Waals surface area (Å²) in [4.78, 5) is 0. The van der Waals surface area contributed by atoms with Crippen LogP contribution in [0.3, 0.4) is 0 Å². The molecule has 0 nitrogen and oxygen atoms in total. The van der Waals surface area contributed by atoms with E-state index in [1.54, 1.807) is 13.0 Å². The highest BCUT2D eigenvalue weighted by molar-refractivity contribution is 6.45. The van der Waals surface area contributed by atoms with Crippen LogP contribution in [0.1, 0.15) is 5.56 Å². The van der Waals surface area contributed by atoms with Gasteiger partial charge in [0.2, 0.25) is 0 Å². The molecule has 0 aliphatic heterocycles. The maximum atomic E-state index is 12.6. The molecule has 0 saturated carbocycles. The molecule has 10 heavy (non-hydrogen) atoms. The SMILES string of the molecule is [B]c1cc(C)cc(F)c1Cl. The molecule has 0 bridgehead atoms. The summed E-state index contributed by atoms with van der Waals surface area (Å²) in [7, 11) is 5.35. The standard InChI is InChI=1S/C7H5BClF/c1-4-2-5(8)7(9)6(10)3-4/h2-3H,1H3. The van der Waals surface area contributed by atoms with Crippen LogP contribution in [0.5, 0.6) is 0 Å². The summed E-state index contributed by atoms with van der Waals surface area (Å²) in [5, 5.41) is 0.00519. The Labute approximate surface area is 65.4 Å². The van der Waals surface area contributed by atoms with Gasteiger partial charge in [-0.15, -0.1) is 0 Å². The Hall–Kier alpha value is -0.495. The summed E-state index contributed by atoms with van der Waals surface area (Å²) < 4.78 is 12.6. The van der Waals surface area contributed by atoms with Crippen LogP contribution in [-0.4, -0.2) is 7.85 Å². The molecular formula is C7H5BClF. The van der Waals surface area contributed by atoms with Gasteiger partial charge in [-0.05, 0) is 18.6 Å². The molecule has 0 aliphatic rings. The van der Waals surface area contributed by atoms with Crippen molar-refractivity contribution in [2.24, 2.45) is 0 Å². The molecule has 0 atom stereocenters. The van der Waals surface area contributed by atoms with Crippen molar-refractivity contribution in [3.8, 4) is 0 Å². The number of benzene rings is 1. The van der Waals surface area contributed by atoms with Crippen molar-refractivity contribution < 1.29 is 4.39 Å². The van der Waals surface area contributed by atoms with E-state index in [4.69, 9.17) is 19.4 Å². The molecule has 0 unspecified atom stereocenters. The summed E-state index contributed by atoms with van der Waals surface area (Å²) in [6.07, 6.45) is 0. The zero-order valence-corrected chi connectivity index (χ0v) is 6.24. The lowest BCUT2D eigenvalue weighted by molar-refractivity contribution is 0.628. The molecule has 0 aromatic heterocycles. The van der Waals surface area contributed by atoms with Crippen LogP contribution in [0.15, 0.2) is 12.1 Å². The van der Waals surface area contributed by atoms with E-state index in [1.165, 1.54) is 6.07 Å². The van der Waals surface area contributed by atoms with Crippen molar-refractivity contribution in [2.75, 3.05) is 0 Å². The molecule has 0 heterocycles. The Morgan fingerprint density at radius 2 is 2.10 bits per heavy atom. The second-order valence-corrected chi connectivity index (χ2v) is 2.53. The molecule has 0 spiro atoms. The highest BCUT2D eigenvalue weighted by Gasteiger charge is 2.01. The minimum atomic E-state index is -0.459. The van der Waals surface area contributed by atoms with E-state index < -0.39 is 5.82 Å². The average Bonchev–Trinajstić information content (AvgIpc) is 1.82. The third-order valence-corrected chi connectivity index (χ3v) is 1.60. The Morgan fingerprint density at radius 3 is 2.60 bits per heavy atom. The fourth-order valence-electron chi connectivity index (χ4n) is 0.751. The normalized spacial score (nSPS) is 9.90. The predicted molar refractivity (Wildman–Crippen MR) is 41.5 cm³/mol. The monoisotopic (exact) mass is 154 g/mol. The van der Waals surface area contributed by atoms with Gasteiger partial charge in [0, 0.05) is 0 Å². The van der Waals surface area contributed by atoms with Crippen LogP contribution in [0.25, 0.3) is 0 Å². The zero-order valence-electron chi connectivity index (χ0n) is 5.49. The van der Waals surface area contributed by atoms with Gasteiger partial charge in [0.1, 0.15) is 13.7 Å². The van der Waals surface area contributed by atoms with Gasteiger partial charge in [0.25, 0.3) is 0 Å². The van der Waals surface area contributed by atoms with Crippen LogP contribution < -0.4 is 5.46 Å². The van der Waals surface area contributed by atoms with Gasteiger partial charge in [0.15, 0.2) is 0 Å². The molecule has 1 aromatic carbocycles. The van der Waals surface area contributed by atoms with Gasteiger partial charge in [0.05, 0.1) is 5.02 Å². The first-order valence-corrected chi connectivity index (χ1v) is 3.20. The van der Waals surface area contributed by atoms with Crippen LogP contribution >= 0.6 is 11.6 Å². The number of aryl methyl sites for hydroxylation is 1. The first kappa shape index (κ1) is 7.61. The minimum absolute atomic E-state index is 0.00519. The van der Waals surface area contributed by atoms with E-state index >= 15 is 0 Å². The molecule has 0 saturated heterocycles. The fourth-order valence-corrected chi connectivity index (χ4v) is 0.861. The molecule has 2 radical (unpaired) electrons. The minimum Gasteiger partial charge on any atom is -0.205 e. The van der Waals surface area contributed by atoms with Gasteiger partial charge in [-0.25, -0.2) is 4.39 Å². The molecule has 3 heteroatoms. The lowest BCUT2D eigenvalue weighted by Crippen LogP contribution is -2.06.